The van der Waals surface area contributed by atoms with Crippen molar-refractivity contribution in [1.82, 2.24) is 0 Å². The topological polar surface area (TPSA) is 63.7 Å². The third-order valence-electron chi connectivity index (χ3n) is 3.17. The van der Waals surface area contributed by atoms with Crippen LogP contribution in [-0.4, -0.2) is 27.8 Å². The molecule has 0 saturated carbocycles. The van der Waals surface area contributed by atoms with Crippen molar-refractivity contribution in [3.05, 3.63) is 59.7 Å². The van der Waals surface area contributed by atoms with Crippen molar-refractivity contribution in [1.29, 1.82) is 0 Å². The Labute approximate surface area is 130 Å². The average molecular weight is 319 g/mol. The van der Waals surface area contributed by atoms with Crippen LogP contribution in [0.3, 0.4) is 0 Å². The number of aryl methyl sites for hydroxylation is 1. The van der Waals surface area contributed by atoms with E-state index in [-0.39, 0.29) is 0 Å². The molecule has 0 atom stereocenters. The molecule has 2 aromatic rings. The Kier molecular flexibility index (Phi) is 4.51. The van der Waals surface area contributed by atoms with Gasteiger partial charge >= 0.3 is 5.97 Å². The van der Waals surface area contributed by atoms with Gasteiger partial charge in [-0.25, -0.2) is 17.5 Å². The summed E-state index contributed by atoms with van der Waals surface area (Å²) < 4.78 is 30.4. The van der Waals surface area contributed by atoms with Gasteiger partial charge in [-0.1, -0.05) is 24.3 Å². The number of para-hydroxylation sites is 1. The van der Waals surface area contributed by atoms with E-state index in [1.54, 1.807) is 43.3 Å². The first-order chi connectivity index (χ1) is 10.3. The molecular weight excluding hydrogens is 302 g/mol. The minimum absolute atomic E-state index is 0.299. The van der Waals surface area contributed by atoms with Gasteiger partial charge in [0.25, 0.3) is 0 Å². The van der Waals surface area contributed by atoms with Crippen molar-refractivity contribution in [2.45, 2.75) is 6.92 Å². The first-order valence-electron chi connectivity index (χ1n) is 6.59. The maximum Gasteiger partial charge on any atom is 0.337 e. The molecule has 0 heterocycles. The van der Waals surface area contributed by atoms with Gasteiger partial charge in [-0.3, -0.25) is 0 Å². The van der Waals surface area contributed by atoms with Gasteiger partial charge in [-0.05, 0) is 36.8 Å². The van der Waals surface area contributed by atoms with E-state index in [2.05, 4.69) is 0 Å². The number of carbonyl (C=O) groups is 1. The van der Waals surface area contributed by atoms with Gasteiger partial charge in [0.15, 0.2) is 0 Å². The molecule has 0 bridgehead atoms. The number of anilines is 2. The first-order valence-corrected chi connectivity index (χ1v) is 8.43. The minimum atomic E-state index is -3.56. The summed E-state index contributed by atoms with van der Waals surface area (Å²) in [5, 5.41) is 0. The molecule has 0 aliphatic rings. The highest BCUT2D eigenvalue weighted by Crippen LogP contribution is 2.31. The number of hydrogen-bond donors (Lipinski definition) is 0. The molecule has 0 unspecified atom stereocenters. The van der Waals surface area contributed by atoms with Crippen molar-refractivity contribution >= 4 is 27.4 Å². The number of rotatable bonds is 4. The molecule has 0 aromatic heterocycles. The Balaban J connectivity index is 2.66. The summed E-state index contributed by atoms with van der Waals surface area (Å²) in [4.78, 5) is 11.7. The number of nitrogens with zero attached hydrogens (tertiary/aromatic N) is 1. The lowest BCUT2D eigenvalue weighted by molar-refractivity contribution is 0.0600. The average Bonchev–Trinajstić information content (AvgIpc) is 2.48. The number of benzene rings is 2. The maximum absolute atomic E-state index is 12.2. The Morgan fingerprint density at radius 1 is 1.09 bits per heavy atom. The van der Waals surface area contributed by atoms with Crippen LogP contribution in [0, 0.1) is 6.92 Å². The Morgan fingerprint density at radius 2 is 1.73 bits per heavy atom. The van der Waals surface area contributed by atoms with Crippen LogP contribution in [0.4, 0.5) is 11.4 Å². The Hall–Kier alpha value is -2.34. The van der Waals surface area contributed by atoms with E-state index < -0.39 is 16.0 Å². The highest BCUT2D eigenvalue weighted by molar-refractivity contribution is 7.92. The molecule has 0 aliphatic heterocycles. The second kappa shape index (κ2) is 6.19. The summed E-state index contributed by atoms with van der Waals surface area (Å²) in [6, 6.07) is 13.5. The van der Waals surface area contributed by atoms with Gasteiger partial charge in [-0.15, -0.1) is 0 Å². The summed E-state index contributed by atoms with van der Waals surface area (Å²) in [5.41, 5.74) is 1.97. The smallest absolute Gasteiger partial charge is 0.337 e. The highest BCUT2D eigenvalue weighted by Gasteiger charge is 2.22. The highest BCUT2D eigenvalue weighted by atomic mass is 32.2. The Bertz CT molecular complexity index is 785. The second-order valence-electron chi connectivity index (χ2n) is 4.86. The van der Waals surface area contributed by atoms with Crippen LogP contribution in [0.1, 0.15) is 15.9 Å². The van der Waals surface area contributed by atoms with Crippen LogP contribution >= 0.6 is 0 Å². The zero-order valence-corrected chi connectivity index (χ0v) is 13.4. The lowest BCUT2D eigenvalue weighted by Gasteiger charge is -2.24. The molecule has 6 heteroatoms. The van der Waals surface area contributed by atoms with E-state index in [1.807, 2.05) is 6.07 Å². The minimum Gasteiger partial charge on any atom is -0.465 e. The van der Waals surface area contributed by atoms with E-state index in [0.29, 0.717) is 16.9 Å². The molecule has 0 fully saturated rings. The number of esters is 1. The fourth-order valence-corrected chi connectivity index (χ4v) is 3.20. The monoisotopic (exact) mass is 319 g/mol. The number of methoxy groups -OCH3 is 1. The van der Waals surface area contributed by atoms with Gasteiger partial charge in [-0.2, -0.15) is 0 Å². The molecule has 2 aromatic carbocycles. The maximum atomic E-state index is 12.2. The first kappa shape index (κ1) is 16.0. The normalized spacial score (nSPS) is 11.0. The van der Waals surface area contributed by atoms with Crippen LogP contribution in [0.25, 0.3) is 0 Å². The van der Waals surface area contributed by atoms with Crippen LogP contribution in [0.5, 0.6) is 0 Å². The van der Waals surface area contributed by atoms with Crippen molar-refractivity contribution < 1.29 is 17.9 Å². The largest absolute Gasteiger partial charge is 0.465 e. The molecule has 2 rings (SSSR count). The summed E-state index contributed by atoms with van der Waals surface area (Å²) in [6.07, 6.45) is 1.13. The van der Waals surface area contributed by atoms with Crippen molar-refractivity contribution in [2.24, 2.45) is 0 Å². The predicted octanol–water partition coefficient (Wildman–Crippen LogP) is 2.88. The fraction of sp³-hybridized carbons (Fsp3) is 0.188. The molecule has 116 valence electrons. The van der Waals surface area contributed by atoms with Gasteiger partial charge in [0.1, 0.15) is 0 Å². The SMILES string of the molecule is COC(=O)c1ccc(C)c(N(c2ccccc2)S(C)(=O)=O)c1. The number of hydrogen-bond acceptors (Lipinski definition) is 4. The summed E-state index contributed by atoms with van der Waals surface area (Å²) >= 11 is 0. The molecule has 5 nitrogen and oxygen atoms in total. The third-order valence-corrected chi connectivity index (χ3v) is 4.24. The summed E-state index contributed by atoms with van der Waals surface area (Å²) in [5.74, 6) is -0.511. The van der Waals surface area contributed by atoms with E-state index >= 15 is 0 Å². The van der Waals surface area contributed by atoms with Gasteiger partial charge in [0.05, 0.1) is 30.3 Å². The molecule has 0 N–H and O–H groups in total. The van der Waals surface area contributed by atoms with Gasteiger partial charge < -0.3 is 4.74 Å². The van der Waals surface area contributed by atoms with Crippen LogP contribution in [0.15, 0.2) is 48.5 Å². The quantitative estimate of drug-likeness (QED) is 0.813. The fourth-order valence-electron chi connectivity index (χ4n) is 2.15. The third kappa shape index (κ3) is 3.28. The Morgan fingerprint density at radius 3 is 2.27 bits per heavy atom. The summed E-state index contributed by atoms with van der Waals surface area (Å²) in [7, 11) is -2.28. The van der Waals surface area contributed by atoms with Gasteiger partial charge in [0.2, 0.25) is 10.0 Å². The molecule has 0 spiro atoms. The van der Waals surface area contributed by atoms with Crippen molar-refractivity contribution in [3.8, 4) is 0 Å². The lowest BCUT2D eigenvalue weighted by Crippen LogP contribution is -2.25. The summed E-state index contributed by atoms with van der Waals surface area (Å²) in [6.45, 7) is 1.79. The molecule has 0 saturated heterocycles. The number of ether oxygens (including phenoxy) is 1. The van der Waals surface area contributed by atoms with Gasteiger partial charge in [0, 0.05) is 0 Å². The zero-order chi connectivity index (χ0) is 16.3. The predicted molar refractivity (Wildman–Crippen MR) is 85.9 cm³/mol. The molecule has 22 heavy (non-hydrogen) atoms. The molecule has 0 amide bonds. The standard InChI is InChI=1S/C16H17NO4S/c1-12-9-10-13(16(18)21-2)11-15(12)17(22(3,19)20)14-7-5-4-6-8-14/h4-11H,1-3H3. The van der Waals surface area contributed by atoms with Crippen LogP contribution in [-0.2, 0) is 14.8 Å². The number of sulfonamides is 1. The number of carbonyl (C=O) groups excluding carboxylic acids is 1. The van der Waals surface area contributed by atoms with Crippen LogP contribution in [0.2, 0.25) is 0 Å². The van der Waals surface area contributed by atoms with E-state index in [9.17, 15) is 13.2 Å². The molecule has 0 aliphatic carbocycles. The molecule has 0 radical (unpaired) electrons. The van der Waals surface area contributed by atoms with Crippen molar-refractivity contribution in [2.75, 3.05) is 17.7 Å². The van der Waals surface area contributed by atoms with E-state index in [4.69, 9.17) is 4.74 Å². The van der Waals surface area contributed by atoms with E-state index in [0.717, 1.165) is 11.8 Å². The molecular formula is C16H17NO4S. The second-order valence-corrected chi connectivity index (χ2v) is 6.69. The zero-order valence-electron chi connectivity index (χ0n) is 12.6. The van der Waals surface area contributed by atoms with E-state index in [1.165, 1.54) is 17.5 Å². The van der Waals surface area contributed by atoms with Crippen LogP contribution < -0.4 is 4.31 Å². The lowest BCUT2D eigenvalue weighted by atomic mass is 10.1. The van der Waals surface area contributed by atoms with Crippen molar-refractivity contribution in [3.63, 3.8) is 0 Å².